The number of nitrogens with one attached hydrogen (secondary N) is 1. The highest BCUT2D eigenvalue weighted by atomic mass is 35.5. The van der Waals surface area contributed by atoms with E-state index in [0.29, 0.717) is 18.7 Å². The summed E-state index contributed by atoms with van der Waals surface area (Å²) in [5.74, 6) is 0.0634. The zero-order valence-electron chi connectivity index (χ0n) is 16.7. The maximum atomic E-state index is 13.2. The number of rotatable bonds is 11. The highest BCUT2D eigenvalue weighted by Crippen LogP contribution is 2.28. The smallest absolute Gasteiger partial charge is 0.243 e. The Balaban J connectivity index is 2.23. The maximum Gasteiger partial charge on any atom is 0.243 e. The molecule has 0 atom stereocenters. The fourth-order valence-electron chi connectivity index (χ4n) is 2.76. The van der Waals surface area contributed by atoms with Gasteiger partial charge in [0.15, 0.2) is 0 Å². The Morgan fingerprint density at radius 3 is 2.52 bits per heavy atom. The van der Waals surface area contributed by atoms with Gasteiger partial charge in [-0.1, -0.05) is 55.3 Å². The molecule has 8 heteroatoms. The number of halogens is 1. The second-order valence-electron chi connectivity index (χ2n) is 6.57. The molecule has 2 rings (SSSR count). The maximum absolute atomic E-state index is 13.2. The number of hydrogen-bond donors (Lipinski definition) is 1. The number of carbonyl (C=O) groups is 1. The van der Waals surface area contributed by atoms with Crippen LogP contribution in [-0.2, 0) is 21.2 Å². The van der Waals surface area contributed by atoms with Crippen LogP contribution in [-0.4, -0.2) is 45.4 Å². The minimum Gasteiger partial charge on any atom is -0.495 e. The van der Waals surface area contributed by atoms with Crippen LogP contribution in [0.2, 0.25) is 5.02 Å². The van der Waals surface area contributed by atoms with Crippen molar-refractivity contribution in [3.63, 3.8) is 0 Å². The summed E-state index contributed by atoms with van der Waals surface area (Å²) in [4.78, 5) is 12.3. The van der Waals surface area contributed by atoms with Gasteiger partial charge in [0, 0.05) is 13.1 Å². The molecule has 29 heavy (non-hydrogen) atoms. The Morgan fingerprint density at radius 1 is 1.17 bits per heavy atom. The van der Waals surface area contributed by atoms with Gasteiger partial charge in [0.05, 0.1) is 23.6 Å². The van der Waals surface area contributed by atoms with Gasteiger partial charge in [0.2, 0.25) is 15.9 Å². The first-order chi connectivity index (χ1) is 13.9. The van der Waals surface area contributed by atoms with E-state index in [1.807, 2.05) is 37.3 Å². The number of nitrogens with zero attached hydrogens (tertiary/aromatic N) is 1. The lowest BCUT2D eigenvalue weighted by Gasteiger charge is -2.22. The van der Waals surface area contributed by atoms with Crippen molar-refractivity contribution in [2.24, 2.45) is 0 Å². The number of unbranched alkanes of at least 4 members (excludes halogenated alkanes) is 1. The molecule has 1 amide bonds. The third kappa shape index (κ3) is 6.73. The zero-order chi connectivity index (χ0) is 21.3. The van der Waals surface area contributed by atoms with E-state index in [1.54, 1.807) is 0 Å². The number of methoxy groups -OCH3 is 1. The quantitative estimate of drug-likeness (QED) is 0.545. The Labute approximate surface area is 177 Å². The molecule has 0 saturated carbocycles. The third-order valence-corrected chi connectivity index (χ3v) is 6.56. The van der Waals surface area contributed by atoms with Gasteiger partial charge in [-0.25, -0.2) is 8.42 Å². The highest BCUT2D eigenvalue weighted by Gasteiger charge is 2.27. The Kier molecular flexibility index (Phi) is 8.95. The number of hydrogen-bond acceptors (Lipinski definition) is 4. The van der Waals surface area contributed by atoms with Gasteiger partial charge in [-0.2, -0.15) is 4.31 Å². The number of benzene rings is 2. The Bertz CT molecular complexity index is 904. The van der Waals surface area contributed by atoms with E-state index in [4.69, 9.17) is 16.3 Å². The molecule has 0 unspecified atom stereocenters. The van der Waals surface area contributed by atoms with Gasteiger partial charge < -0.3 is 10.1 Å². The zero-order valence-corrected chi connectivity index (χ0v) is 18.3. The van der Waals surface area contributed by atoms with Crippen LogP contribution in [0.4, 0.5) is 0 Å². The molecule has 0 aliphatic rings. The number of ether oxygens (including phenoxy) is 1. The average Bonchev–Trinajstić information content (AvgIpc) is 2.71. The fourth-order valence-corrected chi connectivity index (χ4v) is 4.51. The average molecular weight is 439 g/mol. The molecule has 0 aliphatic carbocycles. The molecule has 0 aliphatic heterocycles. The second kappa shape index (κ2) is 11.2. The molecule has 0 saturated heterocycles. The van der Waals surface area contributed by atoms with Crippen LogP contribution in [0.1, 0.15) is 25.3 Å². The molecule has 0 spiro atoms. The largest absolute Gasteiger partial charge is 0.495 e. The van der Waals surface area contributed by atoms with Crippen LogP contribution in [0.25, 0.3) is 0 Å². The molecule has 1 N–H and O–H groups in total. The first kappa shape index (κ1) is 23.2. The predicted molar refractivity (Wildman–Crippen MR) is 115 cm³/mol. The van der Waals surface area contributed by atoms with Gasteiger partial charge in [-0.05, 0) is 36.6 Å². The summed E-state index contributed by atoms with van der Waals surface area (Å²) in [6, 6.07) is 13.8. The minimum atomic E-state index is -3.91. The number of carbonyl (C=O) groups excluding carboxylic acids is 1. The highest BCUT2D eigenvalue weighted by molar-refractivity contribution is 7.89. The Hall–Kier alpha value is -2.09. The van der Waals surface area contributed by atoms with Gasteiger partial charge in [0.25, 0.3) is 0 Å². The van der Waals surface area contributed by atoms with Crippen molar-refractivity contribution in [3.05, 3.63) is 59.1 Å². The third-order valence-electron chi connectivity index (χ3n) is 4.43. The lowest BCUT2D eigenvalue weighted by atomic mass is 10.1. The van der Waals surface area contributed by atoms with Crippen molar-refractivity contribution in [2.45, 2.75) is 31.1 Å². The van der Waals surface area contributed by atoms with Crippen LogP contribution in [0, 0.1) is 0 Å². The summed E-state index contributed by atoms with van der Waals surface area (Å²) in [6.45, 7) is 2.48. The summed E-state index contributed by atoms with van der Waals surface area (Å²) in [5, 5.41) is 2.97. The summed E-state index contributed by atoms with van der Waals surface area (Å²) >= 11 is 6.12. The molecule has 0 bridgehead atoms. The second-order valence-corrected chi connectivity index (χ2v) is 8.92. The van der Waals surface area contributed by atoms with Gasteiger partial charge in [0.1, 0.15) is 5.75 Å². The van der Waals surface area contributed by atoms with Crippen molar-refractivity contribution >= 4 is 27.5 Å². The van der Waals surface area contributed by atoms with Gasteiger partial charge in [-0.3, -0.25) is 4.79 Å². The van der Waals surface area contributed by atoms with Crippen LogP contribution >= 0.6 is 11.6 Å². The first-order valence-electron chi connectivity index (χ1n) is 9.52. The molecular weight excluding hydrogens is 412 g/mol. The topological polar surface area (TPSA) is 75.7 Å². The van der Waals surface area contributed by atoms with Crippen LogP contribution in [0.15, 0.2) is 53.4 Å². The van der Waals surface area contributed by atoms with E-state index in [1.165, 1.54) is 29.6 Å². The monoisotopic (exact) mass is 438 g/mol. The van der Waals surface area contributed by atoms with E-state index in [0.717, 1.165) is 18.4 Å². The normalized spacial score (nSPS) is 11.4. The van der Waals surface area contributed by atoms with Gasteiger partial charge >= 0.3 is 0 Å². The van der Waals surface area contributed by atoms with E-state index >= 15 is 0 Å². The molecule has 6 nitrogen and oxygen atoms in total. The van der Waals surface area contributed by atoms with Crippen LogP contribution < -0.4 is 10.1 Å². The standard InChI is InChI=1S/C21H27ClN2O4S/c1-3-4-13-23-21(25)16-24(14-12-17-8-6-5-7-9-17)29(26,27)18-10-11-20(28-2)19(22)15-18/h5-11,15H,3-4,12-14,16H2,1-2H3,(H,23,25). The summed E-state index contributed by atoms with van der Waals surface area (Å²) in [6.07, 6.45) is 2.28. The lowest BCUT2D eigenvalue weighted by molar-refractivity contribution is -0.121. The van der Waals surface area contributed by atoms with Crippen LogP contribution in [0.3, 0.4) is 0 Å². The molecule has 0 aromatic heterocycles. The van der Waals surface area contributed by atoms with E-state index in [-0.39, 0.29) is 28.9 Å². The van der Waals surface area contributed by atoms with Crippen molar-refractivity contribution in [3.8, 4) is 5.75 Å². The van der Waals surface area contributed by atoms with E-state index in [2.05, 4.69) is 5.32 Å². The van der Waals surface area contributed by atoms with Gasteiger partial charge in [-0.15, -0.1) is 0 Å². The van der Waals surface area contributed by atoms with Crippen molar-refractivity contribution < 1.29 is 17.9 Å². The number of amides is 1. The fraction of sp³-hybridized carbons (Fsp3) is 0.381. The summed E-state index contributed by atoms with van der Waals surface area (Å²) in [7, 11) is -2.45. The number of sulfonamides is 1. The Morgan fingerprint density at radius 2 is 1.90 bits per heavy atom. The summed E-state index contributed by atoms with van der Waals surface area (Å²) in [5.41, 5.74) is 0.992. The molecule has 0 heterocycles. The van der Waals surface area contributed by atoms with Crippen molar-refractivity contribution in [2.75, 3.05) is 26.7 Å². The van der Waals surface area contributed by atoms with Crippen molar-refractivity contribution in [1.82, 2.24) is 9.62 Å². The molecule has 2 aromatic rings. The SMILES string of the molecule is CCCCNC(=O)CN(CCc1ccccc1)S(=O)(=O)c1ccc(OC)c(Cl)c1. The molecule has 158 valence electrons. The lowest BCUT2D eigenvalue weighted by Crippen LogP contribution is -2.42. The molecular formula is C21H27ClN2O4S. The summed E-state index contributed by atoms with van der Waals surface area (Å²) < 4.78 is 32.7. The minimum absolute atomic E-state index is 0.0257. The van der Waals surface area contributed by atoms with E-state index in [9.17, 15) is 13.2 Å². The molecule has 2 aromatic carbocycles. The molecule has 0 radical (unpaired) electrons. The van der Waals surface area contributed by atoms with Crippen LogP contribution in [0.5, 0.6) is 5.75 Å². The van der Waals surface area contributed by atoms with E-state index < -0.39 is 10.0 Å². The molecule has 0 fully saturated rings. The predicted octanol–water partition coefficient (Wildman–Crippen LogP) is 3.50. The first-order valence-corrected chi connectivity index (χ1v) is 11.3. The van der Waals surface area contributed by atoms with Crippen molar-refractivity contribution in [1.29, 1.82) is 0 Å².